The highest BCUT2D eigenvalue weighted by molar-refractivity contribution is 5.79. The summed E-state index contributed by atoms with van der Waals surface area (Å²) in [5.41, 5.74) is 0. The van der Waals surface area contributed by atoms with Gasteiger partial charge in [-0.1, -0.05) is 44.8 Å². The van der Waals surface area contributed by atoms with Crippen LogP contribution in [-0.2, 0) is 23.9 Å². The van der Waals surface area contributed by atoms with Crippen LogP contribution < -0.4 is 5.32 Å². The van der Waals surface area contributed by atoms with E-state index in [1.54, 1.807) is 6.92 Å². The Balaban J connectivity index is 2.55. The van der Waals surface area contributed by atoms with Gasteiger partial charge < -0.3 is 14.8 Å². The van der Waals surface area contributed by atoms with Crippen LogP contribution >= 0.6 is 0 Å². The monoisotopic (exact) mass is 367 g/mol. The summed E-state index contributed by atoms with van der Waals surface area (Å²) in [7, 11) is 0. The number of rotatable bonds is 14. The Bertz CT molecular complexity index is 477. The maximum absolute atomic E-state index is 12.1. The van der Waals surface area contributed by atoms with Crippen molar-refractivity contribution in [2.45, 2.75) is 90.4 Å². The molecule has 3 unspecified atom stereocenters. The minimum absolute atomic E-state index is 0.0831. The van der Waals surface area contributed by atoms with Crippen LogP contribution in [0.15, 0.2) is 12.2 Å². The number of esters is 2. The number of allylic oxidation sites excluding steroid dienone is 2. The first-order valence-corrected chi connectivity index (χ1v) is 9.75. The molecule has 0 aliphatic carbocycles. The highest BCUT2D eigenvalue weighted by Crippen LogP contribution is 2.32. The zero-order chi connectivity index (χ0) is 19.4. The zero-order valence-corrected chi connectivity index (χ0v) is 16.2. The molecule has 0 bridgehead atoms. The first kappa shape index (κ1) is 22.2. The fourth-order valence-corrected chi connectivity index (χ4v) is 3.07. The van der Waals surface area contributed by atoms with E-state index in [2.05, 4.69) is 12.2 Å². The van der Waals surface area contributed by atoms with Gasteiger partial charge in [0.15, 0.2) is 0 Å². The summed E-state index contributed by atoms with van der Waals surface area (Å²) in [6, 6.07) is -0.689. The second-order valence-electron chi connectivity index (χ2n) is 6.88. The zero-order valence-electron chi connectivity index (χ0n) is 16.2. The van der Waals surface area contributed by atoms with Gasteiger partial charge >= 0.3 is 11.9 Å². The van der Waals surface area contributed by atoms with E-state index in [0.717, 1.165) is 32.1 Å². The molecule has 1 rings (SSSR count). The van der Waals surface area contributed by atoms with E-state index < -0.39 is 12.0 Å². The van der Waals surface area contributed by atoms with Crippen molar-refractivity contribution in [3.63, 3.8) is 0 Å². The Hall–Kier alpha value is -1.85. The van der Waals surface area contributed by atoms with Gasteiger partial charge in [0.1, 0.15) is 18.2 Å². The molecule has 1 aliphatic heterocycles. The van der Waals surface area contributed by atoms with Crippen LogP contribution in [0.1, 0.15) is 72.1 Å². The summed E-state index contributed by atoms with van der Waals surface area (Å²) in [6.07, 6.45) is 11.2. The highest BCUT2D eigenvalue weighted by atomic mass is 16.6. The maximum atomic E-state index is 12.1. The van der Waals surface area contributed by atoms with Crippen LogP contribution in [0.25, 0.3) is 0 Å². The Morgan fingerprint density at radius 2 is 2.12 bits per heavy atom. The van der Waals surface area contributed by atoms with Crippen LogP contribution in [0, 0.1) is 5.92 Å². The number of carbonyl (C=O) groups is 3. The lowest BCUT2D eigenvalue weighted by Crippen LogP contribution is -2.47. The second-order valence-corrected chi connectivity index (χ2v) is 6.88. The molecule has 1 fully saturated rings. The van der Waals surface area contributed by atoms with Crippen molar-refractivity contribution in [2.24, 2.45) is 5.92 Å². The van der Waals surface area contributed by atoms with E-state index in [0.29, 0.717) is 19.3 Å². The quantitative estimate of drug-likeness (QED) is 0.220. The molecule has 148 valence electrons. The minimum Gasteiger partial charge on any atom is -0.461 e. The third-order valence-corrected chi connectivity index (χ3v) is 4.73. The van der Waals surface area contributed by atoms with E-state index in [1.807, 2.05) is 19.1 Å². The van der Waals surface area contributed by atoms with Crippen molar-refractivity contribution in [3.8, 4) is 0 Å². The van der Waals surface area contributed by atoms with Crippen molar-refractivity contribution in [1.82, 2.24) is 5.32 Å². The molecule has 1 N–H and O–H groups in total. The van der Waals surface area contributed by atoms with E-state index in [-0.39, 0.29) is 24.1 Å². The molecule has 0 radical (unpaired) electrons. The normalized spacial score (nSPS) is 21.6. The van der Waals surface area contributed by atoms with Gasteiger partial charge in [-0.15, -0.1) is 0 Å². The summed E-state index contributed by atoms with van der Waals surface area (Å²) in [4.78, 5) is 34.3. The van der Waals surface area contributed by atoms with Crippen molar-refractivity contribution >= 4 is 18.3 Å². The molecule has 0 aromatic carbocycles. The van der Waals surface area contributed by atoms with Gasteiger partial charge in [0.05, 0.1) is 5.92 Å². The van der Waals surface area contributed by atoms with Gasteiger partial charge in [-0.25, -0.2) is 4.79 Å². The first-order chi connectivity index (χ1) is 12.5. The van der Waals surface area contributed by atoms with Gasteiger partial charge in [-0.3, -0.25) is 9.59 Å². The number of amides is 1. The summed E-state index contributed by atoms with van der Waals surface area (Å²) in [6.45, 7) is 5.68. The van der Waals surface area contributed by atoms with E-state index in [4.69, 9.17) is 9.47 Å². The van der Waals surface area contributed by atoms with Gasteiger partial charge in [-0.05, 0) is 33.1 Å². The molecular weight excluding hydrogens is 334 g/mol. The number of nitrogens with one attached hydrogen (secondary N) is 1. The molecule has 1 saturated heterocycles. The number of hydrogen-bond acceptors (Lipinski definition) is 5. The lowest BCUT2D eigenvalue weighted by Gasteiger charge is -2.37. The fraction of sp³-hybridized carbons (Fsp3) is 0.750. The SMILES string of the molecule is CC=CCCC(CC1OC(=O)C1CCCCCC)OC(=O)[C@H](C)NC=O. The molecule has 0 saturated carbocycles. The summed E-state index contributed by atoms with van der Waals surface area (Å²) < 4.78 is 10.9. The van der Waals surface area contributed by atoms with Gasteiger partial charge in [-0.2, -0.15) is 0 Å². The molecule has 4 atom stereocenters. The summed E-state index contributed by atoms with van der Waals surface area (Å²) in [5.74, 6) is -0.686. The molecule has 26 heavy (non-hydrogen) atoms. The third kappa shape index (κ3) is 7.58. The lowest BCUT2D eigenvalue weighted by atomic mass is 9.86. The Morgan fingerprint density at radius 3 is 2.73 bits per heavy atom. The number of hydrogen-bond donors (Lipinski definition) is 1. The maximum Gasteiger partial charge on any atom is 0.328 e. The van der Waals surface area contributed by atoms with E-state index in [9.17, 15) is 14.4 Å². The average molecular weight is 367 g/mol. The molecule has 0 aromatic heterocycles. The number of unbranched alkanes of at least 4 members (excludes halogenated alkanes) is 3. The molecule has 1 aliphatic rings. The van der Waals surface area contributed by atoms with Crippen LogP contribution in [0.5, 0.6) is 0 Å². The van der Waals surface area contributed by atoms with Crippen molar-refractivity contribution in [2.75, 3.05) is 0 Å². The number of cyclic esters (lactones) is 1. The van der Waals surface area contributed by atoms with Gasteiger partial charge in [0, 0.05) is 6.42 Å². The summed E-state index contributed by atoms with van der Waals surface area (Å²) in [5, 5.41) is 2.40. The van der Waals surface area contributed by atoms with Gasteiger partial charge in [0.25, 0.3) is 0 Å². The highest BCUT2D eigenvalue weighted by Gasteiger charge is 2.43. The van der Waals surface area contributed by atoms with Crippen molar-refractivity contribution in [1.29, 1.82) is 0 Å². The van der Waals surface area contributed by atoms with Gasteiger partial charge in [0.2, 0.25) is 6.41 Å². The average Bonchev–Trinajstić information content (AvgIpc) is 2.61. The fourth-order valence-electron chi connectivity index (χ4n) is 3.07. The first-order valence-electron chi connectivity index (χ1n) is 9.75. The minimum atomic E-state index is -0.689. The Kier molecular flexibility index (Phi) is 10.7. The van der Waals surface area contributed by atoms with Crippen LogP contribution in [-0.4, -0.2) is 36.6 Å². The summed E-state index contributed by atoms with van der Waals surface area (Å²) >= 11 is 0. The molecule has 6 heteroatoms. The Morgan fingerprint density at radius 1 is 1.35 bits per heavy atom. The molecular formula is C20H33NO5. The molecule has 1 heterocycles. The van der Waals surface area contributed by atoms with E-state index in [1.165, 1.54) is 6.42 Å². The van der Waals surface area contributed by atoms with Crippen LogP contribution in [0.4, 0.5) is 0 Å². The van der Waals surface area contributed by atoms with Crippen molar-refractivity contribution in [3.05, 3.63) is 12.2 Å². The van der Waals surface area contributed by atoms with E-state index >= 15 is 0 Å². The number of carbonyl (C=O) groups excluding carboxylic acids is 3. The lowest BCUT2D eigenvalue weighted by molar-refractivity contribution is -0.190. The smallest absolute Gasteiger partial charge is 0.328 e. The second kappa shape index (κ2) is 12.5. The largest absolute Gasteiger partial charge is 0.461 e. The number of ether oxygens (including phenoxy) is 2. The molecule has 6 nitrogen and oxygen atoms in total. The predicted molar refractivity (Wildman–Crippen MR) is 99.3 cm³/mol. The standard InChI is InChI=1S/C20H33NO5/c1-4-6-8-10-12-17-18(26-20(17)24)13-16(11-9-7-5-2)25-19(23)15(3)21-14-22/h5,7,14-18H,4,6,8-13H2,1-3H3,(H,21,22)/t15-,16?,17?,18?/m0/s1. The third-order valence-electron chi connectivity index (χ3n) is 4.73. The molecule has 0 aromatic rings. The molecule has 0 spiro atoms. The topological polar surface area (TPSA) is 81.7 Å². The van der Waals surface area contributed by atoms with Crippen LogP contribution in [0.3, 0.4) is 0 Å². The van der Waals surface area contributed by atoms with Crippen molar-refractivity contribution < 1.29 is 23.9 Å². The predicted octanol–water partition coefficient (Wildman–Crippen LogP) is 3.29. The molecule has 1 amide bonds. The Labute approximate surface area is 156 Å². The van der Waals surface area contributed by atoms with Crippen LogP contribution in [0.2, 0.25) is 0 Å².